The van der Waals surface area contributed by atoms with E-state index in [9.17, 15) is 10.1 Å². The van der Waals surface area contributed by atoms with E-state index in [0.717, 1.165) is 17.7 Å². The van der Waals surface area contributed by atoms with Crippen LogP contribution in [0.1, 0.15) is 18.1 Å². The number of benzene rings is 1. The molecule has 0 amide bonds. The molecular weight excluding hydrogens is 242 g/mol. The van der Waals surface area contributed by atoms with Crippen molar-refractivity contribution >= 4 is 11.4 Å². The van der Waals surface area contributed by atoms with E-state index in [2.05, 4.69) is 16.8 Å². The third kappa shape index (κ3) is 3.13. The maximum atomic E-state index is 11.0. The molecule has 1 aromatic carbocycles. The van der Waals surface area contributed by atoms with Crippen molar-refractivity contribution in [3.05, 3.63) is 57.9 Å². The topological polar surface area (TPSA) is 60.1 Å². The number of rotatable bonds is 5. The van der Waals surface area contributed by atoms with E-state index in [1.165, 1.54) is 0 Å². The highest BCUT2D eigenvalue weighted by Gasteiger charge is 2.13. The van der Waals surface area contributed by atoms with Gasteiger partial charge in [0.2, 0.25) is 0 Å². The van der Waals surface area contributed by atoms with Gasteiger partial charge in [0.25, 0.3) is 5.69 Å². The zero-order chi connectivity index (χ0) is 13.8. The van der Waals surface area contributed by atoms with E-state index >= 15 is 0 Å². The first-order valence-electron chi connectivity index (χ1n) is 6.23. The summed E-state index contributed by atoms with van der Waals surface area (Å²) in [6.45, 7) is 5.42. The van der Waals surface area contributed by atoms with Gasteiger partial charge in [-0.05, 0) is 37.1 Å². The monoisotopic (exact) mass is 259 g/mol. The van der Waals surface area contributed by atoms with Crippen LogP contribution in [0.25, 0.3) is 0 Å². The SMILES string of the molecule is CCn1ccc(CNc2ccc(C)cc2[N+](=O)[O-])c1. The van der Waals surface area contributed by atoms with Gasteiger partial charge < -0.3 is 9.88 Å². The highest BCUT2D eigenvalue weighted by molar-refractivity contribution is 5.62. The van der Waals surface area contributed by atoms with E-state index in [1.807, 2.05) is 31.5 Å². The summed E-state index contributed by atoms with van der Waals surface area (Å²) in [5.41, 5.74) is 2.67. The Bertz CT molecular complexity index is 590. The van der Waals surface area contributed by atoms with Crippen molar-refractivity contribution in [2.24, 2.45) is 0 Å². The second-order valence-corrected chi connectivity index (χ2v) is 4.48. The Kier molecular flexibility index (Phi) is 3.85. The van der Waals surface area contributed by atoms with Crippen molar-refractivity contribution in [2.45, 2.75) is 26.9 Å². The Morgan fingerprint density at radius 1 is 1.37 bits per heavy atom. The molecule has 1 N–H and O–H groups in total. The molecule has 2 rings (SSSR count). The van der Waals surface area contributed by atoms with Crippen LogP contribution in [-0.4, -0.2) is 9.49 Å². The van der Waals surface area contributed by atoms with Crippen molar-refractivity contribution in [2.75, 3.05) is 5.32 Å². The van der Waals surface area contributed by atoms with E-state index < -0.39 is 0 Å². The van der Waals surface area contributed by atoms with Crippen molar-refractivity contribution in [3.8, 4) is 0 Å². The molecule has 0 aliphatic carbocycles. The van der Waals surface area contributed by atoms with Crippen LogP contribution >= 0.6 is 0 Å². The molecule has 1 heterocycles. The molecule has 5 nitrogen and oxygen atoms in total. The molecule has 0 saturated heterocycles. The zero-order valence-electron chi connectivity index (χ0n) is 11.1. The van der Waals surface area contributed by atoms with Crippen molar-refractivity contribution in [3.63, 3.8) is 0 Å². The van der Waals surface area contributed by atoms with Crippen molar-refractivity contribution in [1.29, 1.82) is 0 Å². The molecule has 0 bridgehead atoms. The minimum atomic E-state index is -0.355. The molecule has 0 fully saturated rings. The average molecular weight is 259 g/mol. The molecule has 1 aromatic heterocycles. The molecule has 19 heavy (non-hydrogen) atoms. The number of anilines is 1. The summed E-state index contributed by atoms with van der Waals surface area (Å²) in [5.74, 6) is 0. The first-order valence-corrected chi connectivity index (χ1v) is 6.23. The summed E-state index contributed by atoms with van der Waals surface area (Å²) in [4.78, 5) is 10.6. The molecule has 0 aliphatic rings. The van der Waals surface area contributed by atoms with Crippen molar-refractivity contribution < 1.29 is 4.92 Å². The summed E-state index contributed by atoms with van der Waals surface area (Å²) in [6.07, 6.45) is 4.04. The minimum Gasteiger partial charge on any atom is -0.375 e. The first-order chi connectivity index (χ1) is 9.10. The number of hydrogen-bond acceptors (Lipinski definition) is 3. The smallest absolute Gasteiger partial charge is 0.292 e. The Hall–Kier alpha value is -2.30. The van der Waals surface area contributed by atoms with Crippen LogP contribution < -0.4 is 5.32 Å². The molecule has 5 heteroatoms. The lowest BCUT2D eigenvalue weighted by atomic mass is 10.2. The summed E-state index contributed by atoms with van der Waals surface area (Å²) in [7, 11) is 0. The standard InChI is InChI=1S/C14H17N3O2/c1-3-16-7-6-12(10-16)9-15-13-5-4-11(2)8-14(13)17(18)19/h4-8,10,15H,3,9H2,1-2H3. The van der Waals surface area contributed by atoms with E-state index in [1.54, 1.807) is 12.1 Å². The van der Waals surface area contributed by atoms with Gasteiger partial charge in [-0.25, -0.2) is 0 Å². The van der Waals surface area contributed by atoms with E-state index in [-0.39, 0.29) is 10.6 Å². The molecule has 100 valence electrons. The fourth-order valence-corrected chi connectivity index (χ4v) is 1.93. The molecule has 0 spiro atoms. The number of nitrogens with zero attached hydrogens (tertiary/aromatic N) is 2. The van der Waals surface area contributed by atoms with Gasteiger partial charge in [-0.3, -0.25) is 10.1 Å². The fraction of sp³-hybridized carbons (Fsp3) is 0.286. The third-order valence-corrected chi connectivity index (χ3v) is 3.01. The summed E-state index contributed by atoms with van der Waals surface area (Å²) < 4.78 is 2.07. The normalized spacial score (nSPS) is 10.4. The lowest BCUT2D eigenvalue weighted by Gasteiger charge is -2.06. The summed E-state index contributed by atoms with van der Waals surface area (Å²) >= 11 is 0. The van der Waals surface area contributed by atoms with Gasteiger partial charge in [-0.15, -0.1) is 0 Å². The predicted octanol–water partition coefficient (Wildman–Crippen LogP) is 3.34. The van der Waals surface area contributed by atoms with Crippen LogP contribution in [0.5, 0.6) is 0 Å². The van der Waals surface area contributed by atoms with Crippen LogP contribution in [0.3, 0.4) is 0 Å². The molecule has 0 radical (unpaired) electrons. The van der Waals surface area contributed by atoms with Crippen LogP contribution in [0, 0.1) is 17.0 Å². The maximum absolute atomic E-state index is 11.0. The highest BCUT2D eigenvalue weighted by Crippen LogP contribution is 2.25. The Morgan fingerprint density at radius 3 is 2.79 bits per heavy atom. The van der Waals surface area contributed by atoms with Crippen LogP contribution in [0.2, 0.25) is 0 Å². The lowest BCUT2D eigenvalue weighted by Crippen LogP contribution is -2.02. The number of nitrogens with one attached hydrogen (secondary N) is 1. The van der Waals surface area contributed by atoms with Gasteiger partial charge in [0.15, 0.2) is 0 Å². The lowest BCUT2D eigenvalue weighted by molar-refractivity contribution is -0.384. The fourth-order valence-electron chi connectivity index (χ4n) is 1.93. The van der Waals surface area contributed by atoms with Crippen LogP contribution in [0.15, 0.2) is 36.7 Å². The Balaban J connectivity index is 2.12. The predicted molar refractivity (Wildman–Crippen MR) is 75.3 cm³/mol. The Morgan fingerprint density at radius 2 is 2.16 bits per heavy atom. The molecule has 0 aliphatic heterocycles. The zero-order valence-corrected chi connectivity index (χ0v) is 11.1. The Labute approximate surface area is 112 Å². The maximum Gasteiger partial charge on any atom is 0.292 e. The largest absolute Gasteiger partial charge is 0.375 e. The van der Waals surface area contributed by atoms with Gasteiger partial charge >= 0.3 is 0 Å². The van der Waals surface area contributed by atoms with Crippen LogP contribution in [-0.2, 0) is 13.1 Å². The molecule has 0 unspecified atom stereocenters. The number of nitro groups is 1. The second kappa shape index (κ2) is 5.56. The number of aryl methyl sites for hydroxylation is 2. The van der Waals surface area contributed by atoms with Gasteiger partial charge in [0.1, 0.15) is 5.69 Å². The van der Waals surface area contributed by atoms with Gasteiger partial charge in [-0.2, -0.15) is 0 Å². The quantitative estimate of drug-likeness (QED) is 0.661. The second-order valence-electron chi connectivity index (χ2n) is 4.48. The summed E-state index contributed by atoms with van der Waals surface area (Å²) in [6, 6.07) is 7.22. The molecule has 2 aromatic rings. The van der Waals surface area contributed by atoms with E-state index in [4.69, 9.17) is 0 Å². The molecule has 0 atom stereocenters. The number of aromatic nitrogens is 1. The third-order valence-electron chi connectivity index (χ3n) is 3.01. The molecular formula is C14H17N3O2. The highest BCUT2D eigenvalue weighted by atomic mass is 16.6. The number of hydrogen-bond donors (Lipinski definition) is 1. The average Bonchev–Trinajstić information content (AvgIpc) is 2.85. The van der Waals surface area contributed by atoms with Gasteiger partial charge in [0.05, 0.1) is 4.92 Å². The molecule has 0 saturated carbocycles. The van der Waals surface area contributed by atoms with E-state index in [0.29, 0.717) is 12.2 Å². The first kappa shape index (κ1) is 13.1. The van der Waals surface area contributed by atoms with Gasteiger partial charge in [-0.1, -0.05) is 6.07 Å². The van der Waals surface area contributed by atoms with Gasteiger partial charge in [0, 0.05) is 31.5 Å². The van der Waals surface area contributed by atoms with Crippen molar-refractivity contribution in [1.82, 2.24) is 4.57 Å². The minimum absolute atomic E-state index is 0.120. The summed E-state index contributed by atoms with van der Waals surface area (Å²) in [5, 5.41) is 14.1. The van der Waals surface area contributed by atoms with Crippen LogP contribution in [0.4, 0.5) is 11.4 Å². The number of nitro benzene ring substituents is 1.